The third-order valence-corrected chi connectivity index (χ3v) is 1.86. The molecule has 0 saturated heterocycles. The highest BCUT2D eigenvalue weighted by Gasteiger charge is 2.15. The molecule has 2 aromatic heterocycles. The molecule has 0 aliphatic heterocycles. The number of imidazole rings is 1. The highest BCUT2D eigenvalue weighted by molar-refractivity contribution is 5.83. The number of aromatic carboxylic acids is 1. The highest BCUT2D eigenvalue weighted by Crippen LogP contribution is 2.13. The molecule has 0 radical (unpaired) electrons. The summed E-state index contributed by atoms with van der Waals surface area (Å²) in [7, 11) is 0. The summed E-state index contributed by atoms with van der Waals surface area (Å²) in [5, 5.41) is 11.9. The van der Waals surface area contributed by atoms with Crippen molar-refractivity contribution in [3.63, 3.8) is 0 Å². The lowest BCUT2D eigenvalue weighted by molar-refractivity contribution is 0.0680. The summed E-state index contributed by atoms with van der Waals surface area (Å²) < 4.78 is 6.50. The van der Waals surface area contributed by atoms with Crippen LogP contribution in [0.5, 0.6) is 0 Å². The van der Waals surface area contributed by atoms with Crippen molar-refractivity contribution in [2.45, 2.75) is 6.54 Å². The van der Waals surface area contributed by atoms with Crippen LogP contribution in [0.25, 0.3) is 11.6 Å². The molecule has 0 atom stereocenters. The van der Waals surface area contributed by atoms with E-state index in [0.717, 1.165) is 0 Å². The summed E-state index contributed by atoms with van der Waals surface area (Å²) in [4.78, 5) is 18.2. The molecular formula is C8H9N5O3. The maximum atomic E-state index is 10.5. The number of hydrogen-bond acceptors (Lipinski definition) is 6. The summed E-state index contributed by atoms with van der Waals surface area (Å²) in [5.74, 6) is -1.55. The quantitative estimate of drug-likeness (QED) is 0.722. The van der Waals surface area contributed by atoms with E-state index in [4.69, 9.17) is 15.4 Å². The van der Waals surface area contributed by atoms with Crippen LogP contribution in [0.15, 0.2) is 17.0 Å². The summed E-state index contributed by atoms with van der Waals surface area (Å²) in [6, 6.07) is 0. The molecule has 0 saturated carbocycles. The molecule has 2 rings (SSSR count). The Labute approximate surface area is 89.7 Å². The maximum Gasteiger partial charge on any atom is 0.377 e. The third kappa shape index (κ3) is 1.91. The van der Waals surface area contributed by atoms with Crippen molar-refractivity contribution in [3.8, 4) is 11.6 Å². The molecule has 0 aliphatic carbocycles. The van der Waals surface area contributed by atoms with Crippen molar-refractivity contribution in [1.82, 2.24) is 19.7 Å². The zero-order valence-corrected chi connectivity index (χ0v) is 8.20. The number of aromatic nitrogens is 4. The van der Waals surface area contributed by atoms with Gasteiger partial charge in [0.15, 0.2) is 0 Å². The van der Waals surface area contributed by atoms with E-state index in [2.05, 4.69) is 15.1 Å². The van der Waals surface area contributed by atoms with Gasteiger partial charge in [-0.05, 0) is 5.16 Å². The van der Waals surface area contributed by atoms with E-state index in [1.165, 1.54) is 0 Å². The average molecular weight is 223 g/mol. The topological polar surface area (TPSA) is 120 Å². The number of nitrogens with zero attached hydrogens (tertiary/aromatic N) is 4. The van der Waals surface area contributed by atoms with Gasteiger partial charge >= 0.3 is 5.97 Å². The lowest BCUT2D eigenvalue weighted by atomic mass is 10.5. The number of hydrogen-bond donors (Lipinski definition) is 2. The van der Waals surface area contributed by atoms with E-state index < -0.39 is 5.97 Å². The summed E-state index contributed by atoms with van der Waals surface area (Å²) in [6.45, 7) is 1.10. The third-order valence-electron chi connectivity index (χ3n) is 1.86. The number of carbonyl (C=O) groups is 1. The van der Waals surface area contributed by atoms with Crippen LogP contribution in [0.2, 0.25) is 0 Å². The maximum absolute atomic E-state index is 10.5. The largest absolute Gasteiger partial charge is 0.475 e. The van der Waals surface area contributed by atoms with Crippen LogP contribution in [0, 0.1) is 0 Å². The summed E-state index contributed by atoms with van der Waals surface area (Å²) >= 11 is 0. The van der Waals surface area contributed by atoms with Crippen LogP contribution in [-0.4, -0.2) is 37.3 Å². The Morgan fingerprint density at radius 3 is 3.06 bits per heavy atom. The molecule has 0 fully saturated rings. The van der Waals surface area contributed by atoms with Gasteiger partial charge in [0.25, 0.3) is 11.7 Å². The van der Waals surface area contributed by atoms with Crippen LogP contribution in [-0.2, 0) is 6.54 Å². The first-order chi connectivity index (χ1) is 7.70. The highest BCUT2D eigenvalue weighted by atomic mass is 16.5. The minimum atomic E-state index is -1.24. The zero-order chi connectivity index (χ0) is 11.5. The molecule has 0 aliphatic rings. The van der Waals surface area contributed by atoms with E-state index in [1.54, 1.807) is 17.1 Å². The number of rotatable bonds is 4. The van der Waals surface area contributed by atoms with Crippen LogP contribution >= 0.6 is 0 Å². The Morgan fingerprint density at radius 1 is 1.62 bits per heavy atom. The van der Waals surface area contributed by atoms with E-state index in [0.29, 0.717) is 18.8 Å². The van der Waals surface area contributed by atoms with Crippen LogP contribution in [0.3, 0.4) is 0 Å². The second-order valence-electron chi connectivity index (χ2n) is 3.01. The lowest BCUT2D eigenvalue weighted by Gasteiger charge is -1.94. The van der Waals surface area contributed by atoms with Crippen LogP contribution in [0.4, 0.5) is 0 Å². The standard InChI is InChI=1S/C8H9N5O3/c9-1-2-13-3-5(10-4-13)7-11-6(8(14)15)12-16-7/h3-4H,1-2,9H2,(H,14,15). The smallest absolute Gasteiger partial charge is 0.377 e. The summed E-state index contributed by atoms with van der Waals surface area (Å²) in [5.41, 5.74) is 5.80. The van der Waals surface area contributed by atoms with E-state index in [-0.39, 0.29) is 11.7 Å². The van der Waals surface area contributed by atoms with Gasteiger partial charge in [-0.2, -0.15) is 4.98 Å². The first-order valence-corrected chi connectivity index (χ1v) is 4.50. The second-order valence-corrected chi connectivity index (χ2v) is 3.01. The molecule has 16 heavy (non-hydrogen) atoms. The lowest BCUT2D eigenvalue weighted by Crippen LogP contribution is -2.07. The van der Waals surface area contributed by atoms with Crippen molar-refractivity contribution < 1.29 is 14.4 Å². The molecule has 0 amide bonds. The molecule has 8 heteroatoms. The van der Waals surface area contributed by atoms with Gasteiger partial charge in [-0.15, -0.1) is 0 Å². The zero-order valence-electron chi connectivity index (χ0n) is 8.20. The molecule has 3 N–H and O–H groups in total. The van der Waals surface area contributed by atoms with Gasteiger partial charge in [0, 0.05) is 19.3 Å². The predicted molar refractivity (Wildman–Crippen MR) is 51.5 cm³/mol. The van der Waals surface area contributed by atoms with Crippen molar-refractivity contribution in [2.75, 3.05) is 6.54 Å². The van der Waals surface area contributed by atoms with Gasteiger partial charge in [-0.25, -0.2) is 9.78 Å². The molecule has 2 aromatic rings. The molecule has 0 spiro atoms. The summed E-state index contributed by atoms with van der Waals surface area (Å²) in [6.07, 6.45) is 3.22. The molecule has 0 aromatic carbocycles. The Kier molecular flexibility index (Phi) is 2.64. The first kappa shape index (κ1) is 10.3. The Bertz CT molecular complexity index is 503. The molecule has 84 valence electrons. The fraction of sp³-hybridized carbons (Fsp3) is 0.250. The SMILES string of the molecule is NCCn1cnc(-c2nc(C(=O)O)no2)c1. The van der Waals surface area contributed by atoms with Gasteiger partial charge < -0.3 is 19.9 Å². The minimum absolute atomic E-state index is 0.0770. The van der Waals surface area contributed by atoms with Crippen LogP contribution in [0.1, 0.15) is 10.6 Å². The average Bonchev–Trinajstić information content (AvgIpc) is 2.84. The normalized spacial score (nSPS) is 10.6. The molecular weight excluding hydrogens is 214 g/mol. The van der Waals surface area contributed by atoms with Crippen LogP contribution < -0.4 is 5.73 Å². The minimum Gasteiger partial charge on any atom is -0.475 e. The molecule has 8 nitrogen and oxygen atoms in total. The van der Waals surface area contributed by atoms with Gasteiger partial charge in [0.2, 0.25) is 0 Å². The van der Waals surface area contributed by atoms with Gasteiger partial charge in [0.05, 0.1) is 6.33 Å². The number of carboxylic acids is 1. The fourth-order valence-corrected chi connectivity index (χ4v) is 1.16. The number of nitrogens with two attached hydrogens (primary N) is 1. The van der Waals surface area contributed by atoms with Crippen molar-refractivity contribution in [3.05, 3.63) is 18.3 Å². The fourth-order valence-electron chi connectivity index (χ4n) is 1.16. The van der Waals surface area contributed by atoms with Crippen molar-refractivity contribution >= 4 is 5.97 Å². The Balaban J connectivity index is 2.24. The molecule has 0 bridgehead atoms. The molecule has 2 heterocycles. The first-order valence-electron chi connectivity index (χ1n) is 4.50. The van der Waals surface area contributed by atoms with E-state index in [1.807, 2.05) is 0 Å². The van der Waals surface area contributed by atoms with Gasteiger partial charge in [-0.3, -0.25) is 0 Å². The van der Waals surface area contributed by atoms with E-state index >= 15 is 0 Å². The Hall–Kier alpha value is -2.22. The van der Waals surface area contributed by atoms with Gasteiger partial charge in [-0.1, -0.05) is 0 Å². The van der Waals surface area contributed by atoms with Crippen molar-refractivity contribution in [1.29, 1.82) is 0 Å². The Morgan fingerprint density at radius 2 is 2.44 bits per heavy atom. The number of carboxylic acid groups (broad SMARTS) is 1. The second kappa shape index (κ2) is 4.11. The molecule has 0 unspecified atom stereocenters. The van der Waals surface area contributed by atoms with E-state index in [9.17, 15) is 4.79 Å². The predicted octanol–water partition coefficient (Wildman–Crippen LogP) is -0.410. The monoisotopic (exact) mass is 223 g/mol. The van der Waals surface area contributed by atoms with Gasteiger partial charge in [0.1, 0.15) is 5.69 Å². The van der Waals surface area contributed by atoms with Crippen molar-refractivity contribution in [2.24, 2.45) is 5.73 Å².